The highest BCUT2D eigenvalue weighted by molar-refractivity contribution is 6.30. The van der Waals surface area contributed by atoms with Crippen molar-refractivity contribution in [1.82, 2.24) is 9.88 Å². The number of pyridine rings is 1. The molecule has 3 heterocycles. The summed E-state index contributed by atoms with van der Waals surface area (Å²) in [6, 6.07) is 18.1. The van der Waals surface area contributed by atoms with Crippen LogP contribution >= 0.6 is 11.6 Å². The number of carboxylic acid groups (broad SMARTS) is 1. The molecule has 8 heteroatoms. The number of ether oxygens (including phenoxy) is 2. The number of hydrogen-bond acceptors (Lipinski definition) is 6. The van der Waals surface area contributed by atoms with Gasteiger partial charge < -0.3 is 24.6 Å². The predicted octanol–water partition coefficient (Wildman–Crippen LogP) is 6.55. The third-order valence-electron chi connectivity index (χ3n) is 8.23. The van der Waals surface area contributed by atoms with Gasteiger partial charge in [0.1, 0.15) is 11.9 Å². The highest BCUT2D eigenvalue weighted by Gasteiger charge is 2.33. The van der Waals surface area contributed by atoms with Crippen molar-refractivity contribution in [2.45, 2.75) is 37.6 Å². The van der Waals surface area contributed by atoms with E-state index in [1.807, 2.05) is 54.6 Å². The highest BCUT2D eigenvalue weighted by atomic mass is 35.5. The Morgan fingerprint density at radius 3 is 2.63 bits per heavy atom. The number of carbonyl (C=O) groups is 1. The minimum Gasteiger partial charge on any atom is -0.478 e. The maximum absolute atomic E-state index is 11.2. The number of aromatic carboxylic acids is 1. The standard InChI is InChI=1S/C35H33ClN2O5/c36-28-14-12-27(13-15-28)35(41)16-20-38(21-17-35)19-3-4-26-22-30-31(42-23-24-8-10-25(11-9-24)34(39)40)6-1-7-32(30)43-33-29(26)5-2-18-37-33/h1-2,4-15,18,22,31,41H,3,16-17,19-21,23H2,(H,39,40). The Balaban J connectivity index is 1.15. The number of fused-ring (bicyclic) bond motifs is 2. The van der Waals surface area contributed by atoms with Crippen molar-refractivity contribution in [3.63, 3.8) is 0 Å². The second-order valence-electron chi connectivity index (χ2n) is 11.0. The third-order valence-corrected chi connectivity index (χ3v) is 8.48. The molecule has 3 aliphatic rings. The smallest absolute Gasteiger partial charge is 0.335 e. The van der Waals surface area contributed by atoms with Gasteiger partial charge in [0.05, 0.1) is 17.8 Å². The van der Waals surface area contributed by atoms with Crippen LogP contribution in [0.2, 0.25) is 5.02 Å². The van der Waals surface area contributed by atoms with Crippen LogP contribution < -0.4 is 4.74 Å². The average molecular weight is 597 g/mol. The van der Waals surface area contributed by atoms with E-state index in [4.69, 9.17) is 21.1 Å². The molecule has 1 atom stereocenters. The number of allylic oxidation sites excluding steroid dienone is 4. The van der Waals surface area contributed by atoms with E-state index in [0.29, 0.717) is 36.1 Å². The zero-order valence-corrected chi connectivity index (χ0v) is 24.4. The molecule has 1 unspecified atom stereocenters. The van der Waals surface area contributed by atoms with Crippen LogP contribution in [0.1, 0.15) is 46.3 Å². The number of benzene rings is 2. The summed E-state index contributed by atoms with van der Waals surface area (Å²) in [6.45, 7) is 2.81. The summed E-state index contributed by atoms with van der Waals surface area (Å²) in [7, 11) is 0. The molecular weight excluding hydrogens is 564 g/mol. The fourth-order valence-electron chi connectivity index (χ4n) is 5.71. The number of carboxylic acids is 1. The van der Waals surface area contributed by atoms with Gasteiger partial charge in [0.25, 0.3) is 0 Å². The molecular formula is C35H33ClN2O5. The Morgan fingerprint density at radius 1 is 1.12 bits per heavy atom. The van der Waals surface area contributed by atoms with Gasteiger partial charge in [-0.05, 0) is 84.5 Å². The molecule has 3 aromatic rings. The van der Waals surface area contributed by atoms with E-state index >= 15 is 0 Å². The van der Waals surface area contributed by atoms with Crippen molar-refractivity contribution in [2.24, 2.45) is 0 Å². The summed E-state index contributed by atoms with van der Waals surface area (Å²) in [5.41, 5.74) is 4.07. The van der Waals surface area contributed by atoms with Crippen molar-refractivity contribution in [3.8, 4) is 5.88 Å². The van der Waals surface area contributed by atoms with Crippen molar-refractivity contribution in [1.29, 1.82) is 0 Å². The fraction of sp³-hybridized carbons (Fsp3) is 0.257. The Labute approximate surface area is 256 Å². The molecule has 7 nitrogen and oxygen atoms in total. The number of nitrogens with zero attached hydrogens (tertiary/aromatic N) is 2. The van der Waals surface area contributed by atoms with Crippen LogP contribution in [0.4, 0.5) is 0 Å². The molecule has 2 aliphatic heterocycles. The number of aliphatic hydroxyl groups is 1. The van der Waals surface area contributed by atoms with Crippen molar-refractivity contribution in [2.75, 3.05) is 19.6 Å². The van der Waals surface area contributed by atoms with E-state index in [1.165, 1.54) is 0 Å². The SMILES string of the molecule is O=C(O)c1ccc(COC2C=CC=C3Oc4ncccc4C(=CCCN4CCC(O)(c5ccc(Cl)cc5)CC4)C=C32)cc1. The number of rotatable bonds is 8. The molecule has 0 spiro atoms. The Bertz CT molecular complexity index is 1600. The zero-order chi connectivity index (χ0) is 29.8. The minimum absolute atomic E-state index is 0.244. The lowest BCUT2D eigenvalue weighted by Gasteiger charge is -2.38. The van der Waals surface area contributed by atoms with Crippen LogP contribution in [0.5, 0.6) is 5.88 Å². The van der Waals surface area contributed by atoms with Gasteiger partial charge in [-0.2, -0.15) is 0 Å². The quantitative estimate of drug-likeness (QED) is 0.305. The van der Waals surface area contributed by atoms with Crippen molar-refractivity contribution < 1.29 is 24.5 Å². The van der Waals surface area contributed by atoms with Crippen LogP contribution in [-0.4, -0.2) is 51.8 Å². The number of piperidine rings is 1. The first kappa shape index (κ1) is 29.1. The van der Waals surface area contributed by atoms with E-state index in [1.54, 1.807) is 30.5 Å². The van der Waals surface area contributed by atoms with Gasteiger partial charge >= 0.3 is 5.97 Å². The molecule has 6 rings (SSSR count). The molecule has 0 radical (unpaired) electrons. The maximum Gasteiger partial charge on any atom is 0.335 e. The number of aromatic nitrogens is 1. The molecule has 1 fully saturated rings. The van der Waals surface area contributed by atoms with Crippen molar-refractivity contribution >= 4 is 23.1 Å². The van der Waals surface area contributed by atoms with Gasteiger partial charge in [0.2, 0.25) is 5.88 Å². The zero-order valence-electron chi connectivity index (χ0n) is 23.7. The lowest BCUT2D eigenvalue weighted by molar-refractivity contribution is -0.0254. The summed E-state index contributed by atoms with van der Waals surface area (Å²) < 4.78 is 12.6. The topological polar surface area (TPSA) is 92.1 Å². The van der Waals surface area contributed by atoms with Gasteiger partial charge in [-0.3, -0.25) is 0 Å². The lowest BCUT2D eigenvalue weighted by Crippen LogP contribution is -2.42. The summed E-state index contributed by atoms with van der Waals surface area (Å²) in [5, 5.41) is 21.1. The predicted molar refractivity (Wildman–Crippen MR) is 166 cm³/mol. The highest BCUT2D eigenvalue weighted by Crippen LogP contribution is 2.37. The van der Waals surface area contributed by atoms with Crippen molar-refractivity contribution in [3.05, 3.63) is 136 Å². The largest absolute Gasteiger partial charge is 0.478 e. The molecule has 0 amide bonds. The molecule has 220 valence electrons. The van der Waals surface area contributed by atoms with E-state index in [0.717, 1.165) is 53.9 Å². The Hall–Kier alpha value is -4.01. The summed E-state index contributed by atoms with van der Waals surface area (Å²) >= 11 is 6.04. The van der Waals surface area contributed by atoms with E-state index in [9.17, 15) is 15.0 Å². The van der Waals surface area contributed by atoms with E-state index in [2.05, 4.69) is 22.0 Å². The molecule has 0 saturated carbocycles. The number of halogens is 1. The van der Waals surface area contributed by atoms with Crippen LogP contribution in [0.25, 0.3) is 5.57 Å². The van der Waals surface area contributed by atoms with Crippen LogP contribution in [0.15, 0.2) is 109 Å². The summed E-state index contributed by atoms with van der Waals surface area (Å²) in [6.07, 6.45) is 13.7. The molecule has 1 aromatic heterocycles. The van der Waals surface area contributed by atoms with Gasteiger partial charge in [-0.1, -0.05) is 54.1 Å². The molecule has 2 aromatic carbocycles. The fourth-order valence-corrected chi connectivity index (χ4v) is 5.84. The first-order chi connectivity index (χ1) is 20.9. The molecule has 43 heavy (non-hydrogen) atoms. The maximum atomic E-state index is 11.2. The second-order valence-corrected chi connectivity index (χ2v) is 11.5. The van der Waals surface area contributed by atoms with Crippen LogP contribution in [-0.2, 0) is 16.9 Å². The van der Waals surface area contributed by atoms with E-state index < -0.39 is 11.6 Å². The second kappa shape index (κ2) is 12.7. The monoisotopic (exact) mass is 596 g/mol. The molecule has 1 aliphatic carbocycles. The number of hydrogen-bond donors (Lipinski definition) is 2. The third kappa shape index (κ3) is 6.65. The van der Waals surface area contributed by atoms with Gasteiger partial charge in [0, 0.05) is 42.0 Å². The number of likely N-dealkylation sites (tertiary alicyclic amines) is 1. The average Bonchev–Trinajstić information content (AvgIpc) is 3.18. The molecule has 1 saturated heterocycles. The normalized spacial score (nSPS) is 20.3. The Morgan fingerprint density at radius 2 is 1.88 bits per heavy atom. The first-order valence-corrected chi connectivity index (χ1v) is 14.8. The molecule has 0 bridgehead atoms. The van der Waals surface area contributed by atoms with Crippen LogP contribution in [0.3, 0.4) is 0 Å². The molecule has 2 N–H and O–H groups in total. The van der Waals surface area contributed by atoms with Gasteiger partial charge in [0.15, 0.2) is 0 Å². The van der Waals surface area contributed by atoms with Gasteiger partial charge in [-0.25, -0.2) is 9.78 Å². The van der Waals surface area contributed by atoms with Crippen LogP contribution in [0, 0.1) is 0 Å². The van der Waals surface area contributed by atoms with Gasteiger partial charge in [-0.15, -0.1) is 0 Å². The van der Waals surface area contributed by atoms with E-state index in [-0.39, 0.29) is 11.7 Å². The first-order valence-electron chi connectivity index (χ1n) is 14.5. The summed E-state index contributed by atoms with van der Waals surface area (Å²) in [5.74, 6) is 0.288. The minimum atomic E-state index is -0.953. The lowest BCUT2D eigenvalue weighted by atomic mass is 9.84. The Kier molecular flexibility index (Phi) is 8.58. The summed E-state index contributed by atoms with van der Waals surface area (Å²) in [4.78, 5) is 18.1.